The van der Waals surface area contributed by atoms with Crippen LogP contribution in [0.25, 0.3) is 0 Å². The minimum atomic E-state index is -0.959. The van der Waals surface area contributed by atoms with E-state index in [1.165, 1.54) is 0 Å². The standard InChI is InChI=1S/C16H12ClNO2/c17-15-4-2-1-3-14(15)13(10-18)9-11-5-7-12(8-6-11)16(19)20/h1-8,13H,9H2,(H,19,20). The van der Waals surface area contributed by atoms with Gasteiger partial charge in [0.1, 0.15) is 0 Å². The summed E-state index contributed by atoms with van der Waals surface area (Å²) in [6.45, 7) is 0. The number of hydrogen-bond acceptors (Lipinski definition) is 2. The molecule has 0 spiro atoms. The Hall–Kier alpha value is -2.31. The Bertz CT molecular complexity index is 659. The van der Waals surface area contributed by atoms with E-state index in [1.807, 2.05) is 18.2 Å². The van der Waals surface area contributed by atoms with Crippen LogP contribution in [0.3, 0.4) is 0 Å². The van der Waals surface area contributed by atoms with Crippen molar-refractivity contribution in [3.8, 4) is 6.07 Å². The summed E-state index contributed by atoms with van der Waals surface area (Å²) in [6.07, 6.45) is 0.500. The number of carboxylic acids is 1. The van der Waals surface area contributed by atoms with Gasteiger partial charge in [0.05, 0.1) is 17.6 Å². The van der Waals surface area contributed by atoms with Crippen molar-refractivity contribution in [2.24, 2.45) is 0 Å². The number of nitrogens with zero attached hydrogens (tertiary/aromatic N) is 1. The van der Waals surface area contributed by atoms with Crippen molar-refractivity contribution in [3.63, 3.8) is 0 Å². The van der Waals surface area contributed by atoms with E-state index >= 15 is 0 Å². The van der Waals surface area contributed by atoms with Gasteiger partial charge in [-0.15, -0.1) is 0 Å². The highest BCUT2D eigenvalue weighted by atomic mass is 35.5. The van der Waals surface area contributed by atoms with E-state index in [2.05, 4.69) is 6.07 Å². The molecule has 0 aromatic heterocycles. The molecule has 0 amide bonds. The second-order valence-electron chi connectivity index (χ2n) is 4.41. The normalized spacial score (nSPS) is 11.6. The smallest absolute Gasteiger partial charge is 0.335 e. The van der Waals surface area contributed by atoms with Gasteiger partial charge in [-0.25, -0.2) is 4.79 Å². The summed E-state index contributed by atoms with van der Waals surface area (Å²) in [7, 11) is 0. The second-order valence-corrected chi connectivity index (χ2v) is 4.82. The van der Waals surface area contributed by atoms with Gasteiger partial charge in [-0.05, 0) is 35.7 Å². The Morgan fingerprint density at radius 3 is 2.40 bits per heavy atom. The fourth-order valence-electron chi connectivity index (χ4n) is 2.00. The van der Waals surface area contributed by atoms with E-state index in [1.54, 1.807) is 30.3 Å². The Kier molecular flexibility index (Phi) is 4.39. The number of hydrogen-bond donors (Lipinski definition) is 1. The molecule has 0 aliphatic rings. The highest BCUT2D eigenvalue weighted by Crippen LogP contribution is 2.27. The molecule has 0 heterocycles. The van der Waals surface area contributed by atoms with E-state index in [0.717, 1.165) is 11.1 Å². The molecular formula is C16H12ClNO2. The summed E-state index contributed by atoms with van der Waals surface area (Å²) in [5.74, 6) is -1.31. The summed E-state index contributed by atoms with van der Waals surface area (Å²) in [6, 6.07) is 16.0. The van der Waals surface area contributed by atoms with Crippen LogP contribution in [-0.2, 0) is 6.42 Å². The molecule has 4 heteroatoms. The molecule has 2 aromatic rings. The molecule has 1 unspecified atom stereocenters. The SMILES string of the molecule is N#CC(Cc1ccc(C(=O)O)cc1)c1ccccc1Cl. The molecule has 2 rings (SSSR count). The van der Waals surface area contributed by atoms with Crippen LogP contribution < -0.4 is 0 Å². The highest BCUT2D eigenvalue weighted by Gasteiger charge is 2.14. The molecule has 0 aliphatic carbocycles. The van der Waals surface area contributed by atoms with Crippen molar-refractivity contribution in [2.75, 3.05) is 0 Å². The van der Waals surface area contributed by atoms with Gasteiger partial charge in [0, 0.05) is 5.02 Å². The zero-order valence-electron chi connectivity index (χ0n) is 10.6. The summed E-state index contributed by atoms with van der Waals surface area (Å²) in [5.41, 5.74) is 1.93. The van der Waals surface area contributed by atoms with Crippen molar-refractivity contribution >= 4 is 17.6 Å². The van der Waals surface area contributed by atoms with Crippen molar-refractivity contribution in [3.05, 3.63) is 70.2 Å². The van der Waals surface area contributed by atoms with Crippen molar-refractivity contribution < 1.29 is 9.90 Å². The van der Waals surface area contributed by atoms with Crippen LogP contribution in [0.15, 0.2) is 48.5 Å². The van der Waals surface area contributed by atoms with Crippen molar-refractivity contribution in [1.29, 1.82) is 5.26 Å². The van der Waals surface area contributed by atoms with Crippen LogP contribution in [0.1, 0.15) is 27.4 Å². The number of halogens is 1. The van der Waals surface area contributed by atoms with Crippen molar-refractivity contribution in [2.45, 2.75) is 12.3 Å². The number of benzene rings is 2. The monoisotopic (exact) mass is 285 g/mol. The van der Waals surface area contributed by atoms with E-state index in [9.17, 15) is 10.1 Å². The lowest BCUT2D eigenvalue weighted by Crippen LogP contribution is -2.02. The molecule has 1 atom stereocenters. The lowest BCUT2D eigenvalue weighted by atomic mass is 9.93. The number of carboxylic acid groups (broad SMARTS) is 1. The van der Waals surface area contributed by atoms with E-state index in [-0.39, 0.29) is 11.5 Å². The number of carbonyl (C=O) groups is 1. The molecule has 20 heavy (non-hydrogen) atoms. The fourth-order valence-corrected chi connectivity index (χ4v) is 2.27. The summed E-state index contributed by atoms with van der Waals surface area (Å²) in [4.78, 5) is 10.8. The van der Waals surface area contributed by atoms with E-state index in [0.29, 0.717) is 11.4 Å². The largest absolute Gasteiger partial charge is 0.478 e. The maximum absolute atomic E-state index is 10.8. The predicted molar refractivity (Wildman–Crippen MR) is 76.9 cm³/mol. The van der Waals surface area contributed by atoms with Gasteiger partial charge in [0.2, 0.25) is 0 Å². The second kappa shape index (κ2) is 6.23. The Morgan fingerprint density at radius 2 is 1.85 bits per heavy atom. The lowest BCUT2D eigenvalue weighted by molar-refractivity contribution is 0.0697. The first-order valence-corrected chi connectivity index (χ1v) is 6.46. The van der Waals surface area contributed by atoms with Crippen LogP contribution in [-0.4, -0.2) is 11.1 Å². The average molecular weight is 286 g/mol. The van der Waals surface area contributed by atoms with Crippen LogP contribution >= 0.6 is 11.6 Å². The highest BCUT2D eigenvalue weighted by molar-refractivity contribution is 6.31. The van der Waals surface area contributed by atoms with E-state index in [4.69, 9.17) is 16.7 Å². The third kappa shape index (κ3) is 3.17. The van der Waals surface area contributed by atoms with Crippen LogP contribution in [0.2, 0.25) is 5.02 Å². The number of aromatic carboxylic acids is 1. The lowest BCUT2D eigenvalue weighted by Gasteiger charge is -2.11. The van der Waals surface area contributed by atoms with Gasteiger partial charge < -0.3 is 5.11 Å². The van der Waals surface area contributed by atoms with Gasteiger partial charge in [0.25, 0.3) is 0 Å². The first-order valence-electron chi connectivity index (χ1n) is 6.08. The molecule has 100 valence electrons. The van der Waals surface area contributed by atoms with Gasteiger partial charge in [-0.2, -0.15) is 5.26 Å². The molecular weight excluding hydrogens is 274 g/mol. The van der Waals surface area contributed by atoms with Gasteiger partial charge >= 0.3 is 5.97 Å². The molecule has 0 saturated heterocycles. The quantitative estimate of drug-likeness (QED) is 0.927. The number of rotatable bonds is 4. The molecule has 0 fully saturated rings. The van der Waals surface area contributed by atoms with Crippen LogP contribution in [0.5, 0.6) is 0 Å². The zero-order valence-corrected chi connectivity index (χ0v) is 11.3. The Balaban J connectivity index is 2.21. The van der Waals surface area contributed by atoms with Gasteiger partial charge in [-0.3, -0.25) is 0 Å². The molecule has 0 saturated carbocycles. The first kappa shape index (κ1) is 14.1. The maximum Gasteiger partial charge on any atom is 0.335 e. The van der Waals surface area contributed by atoms with Gasteiger partial charge in [0.15, 0.2) is 0 Å². The molecule has 2 aromatic carbocycles. The molecule has 3 nitrogen and oxygen atoms in total. The summed E-state index contributed by atoms with van der Waals surface area (Å²) < 4.78 is 0. The van der Waals surface area contributed by atoms with E-state index < -0.39 is 5.97 Å². The summed E-state index contributed by atoms with van der Waals surface area (Å²) in [5, 5.41) is 18.7. The molecule has 0 bridgehead atoms. The van der Waals surface area contributed by atoms with Gasteiger partial charge in [-0.1, -0.05) is 41.9 Å². The Morgan fingerprint density at radius 1 is 1.20 bits per heavy atom. The topological polar surface area (TPSA) is 61.1 Å². The maximum atomic E-state index is 10.8. The molecule has 1 N–H and O–H groups in total. The third-order valence-electron chi connectivity index (χ3n) is 3.08. The minimum absolute atomic E-state index is 0.236. The zero-order chi connectivity index (χ0) is 14.5. The average Bonchev–Trinajstić information content (AvgIpc) is 2.46. The third-order valence-corrected chi connectivity index (χ3v) is 3.42. The number of nitriles is 1. The molecule has 0 radical (unpaired) electrons. The molecule has 0 aliphatic heterocycles. The predicted octanol–water partition coefficient (Wildman–Crippen LogP) is 3.89. The fraction of sp³-hybridized carbons (Fsp3) is 0.125. The first-order chi connectivity index (χ1) is 9.61. The van der Waals surface area contributed by atoms with Crippen LogP contribution in [0, 0.1) is 11.3 Å². The Labute approximate surface area is 122 Å². The van der Waals surface area contributed by atoms with Crippen molar-refractivity contribution in [1.82, 2.24) is 0 Å². The van der Waals surface area contributed by atoms with Crippen LogP contribution in [0.4, 0.5) is 0 Å². The minimum Gasteiger partial charge on any atom is -0.478 e. The summed E-state index contributed by atoms with van der Waals surface area (Å²) >= 11 is 6.10.